The molecule has 0 aliphatic rings. The summed E-state index contributed by atoms with van der Waals surface area (Å²) in [5.41, 5.74) is 0. The molecular weight excluding hydrogens is 228 g/mol. The second kappa shape index (κ2) is 12.9. The molecule has 0 atom stereocenters. The maximum Gasteiger partial charge on any atom is 0.303 e. The van der Waals surface area contributed by atoms with Gasteiger partial charge in [-0.3, -0.25) is 4.79 Å². The first-order valence-electron chi connectivity index (χ1n) is 7.42. The highest BCUT2D eigenvalue weighted by molar-refractivity contribution is 5.66. The number of hydrogen-bond donors (Lipinski definition) is 1. The minimum Gasteiger partial charge on any atom is -0.481 e. The van der Waals surface area contributed by atoms with Crippen LogP contribution in [0.1, 0.15) is 71.6 Å². The Morgan fingerprint density at radius 1 is 0.944 bits per heavy atom. The van der Waals surface area contributed by atoms with Gasteiger partial charge in [0.05, 0.1) is 0 Å². The summed E-state index contributed by atoms with van der Waals surface area (Å²) in [7, 11) is 0. The van der Waals surface area contributed by atoms with E-state index in [4.69, 9.17) is 9.84 Å². The van der Waals surface area contributed by atoms with Gasteiger partial charge < -0.3 is 9.84 Å². The first-order valence-corrected chi connectivity index (χ1v) is 7.42. The molecule has 0 aromatic heterocycles. The van der Waals surface area contributed by atoms with Crippen LogP contribution in [-0.2, 0) is 9.53 Å². The first kappa shape index (κ1) is 17.4. The highest BCUT2D eigenvalue weighted by Gasteiger charge is 1.97. The van der Waals surface area contributed by atoms with Gasteiger partial charge in [-0.25, -0.2) is 0 Å². The molecule has 0 aromatic carbocycles. The Bertz CT molecular complexity index is 190. The quantitative estimate of drug-likeness (QED) is 0.502. The lowest BCUT2D eigenvalue weighted by atomic mass is 10.1. The first-order chi connectivity index (χ1) is 8.63. The van der Waals surface area contributed by atoms with E-state index in [1.165, 1.54) is 38.5 Å². The molecule has 3 nitrogen and oxygen atoms in total. The number of carboxylic acid groups (broad SMARTS) is 1. The van der Waals surface area contributed by atoms with Gasteiger partial charge >= 0.3 is 5.97 Å². The molecule has 18 heavy (non-hydrogen) atoms. The van der Waals surface area contributed by atoms with Crippen molar-refractivity contribution in [1.82, 2.24) is 0 Å². The van der Waals surface area contributed by atoms with Crippen molar-refractivity contribution in [3.63, 3.8) is 0 Å². The third-order valence-corrected chi connectivity index (χ3v) is 2.88. The minimum absolute atomic E-state index is 0.327. The summed E-state index contributed by atoms with van der Waals surface area (Å²) in [5.74, 6) is -0.0350. The molecule has 0 heterocycles. The number of carbonyl (C=O) groups is 1. The van der Waals surface area contributed by atoms with Crippen molar-refractivity contribution < 1.29 is 14.6 Å². The van der Waals surface area contributed by atoms with Crippen LogP contribution in [0.5, 0.6) is 0 Å². The fourth-order valence-corrected chi connectivity index (χ4v) is 1.86. The summed E-state index contributed by atoms with van der Waals surface area (Å²) in [4.78, 5) is 10.3. The summed E-state index contributed by atoms with van der Waals surface area (Å²) in [5, 5.41) is 8.48. The maximum absolute atomic E-state index is 10.3. The van der Waals surface area contributed by atoms with Crippen molar-refractivity contribution >= 4 is 5.97 Å². The number of ether oxygens (including phenoxy) is 1. The van der Waals surface area contributed by atoms with Gasteiger partial charge in [-0.2, -0.15) is 0 Å². The monoisotopic (exact) mass is 258 g/mol. The summed E-state index contributed by atoms with van der Waals surface area (Å²) < 4.78 is 5.52. The van der Waals surface area contributed by atoms with Gasteiger partial charge in [-0.15, -0.1) is 0 Å². The third kappa shape index (κ3) is 15.4. The van der Waals surface area contributed by atoms with Crippen molar-refractivity contribution in [2.75, 3.05) is 13.2 Å². The molecule has 0 aliphatic heterocycles. The average molecular weight is 258 g/mol. The largest absolute Gasteiger partial charge is 0.481 e. The zero-order chi connectivity index (χ0) is 13.6. The van der Waals surface area contributed by atoms with Crippen molar-refractivity contribution in [3.8, 4) is 0 Å². The van der Waals surface area contributed by atoms with Crippen LogP contribution in [0.15, 0.2) is 0 Å². The SMILES string of the molecule is CC(C)COCCCCCCCCCCC(=O)O. The van der Waals surface area contributed by atoms with Crippen LogP contribution >= 0.6 is 0 Å². The van der Waals surface area contributed by atoms with Gasteiger partial charge in [0.15, 0.2) is 0 Å². The lowest BCUT2D eigenvalue weighted by Gasteiger charge is -2.06. The van der Waals surface area contributed by atoms with Gasteiger partial charge in [-0.05, 0) is 18.8 Å². The topological polar surface area (TPSA) is 46.5 Å². The van der Waals surface area contributed by atoms with E-state index in [-0.39, 0.29) is 0 Å². The molecule has 0 radical (unpaired) electrons. The lowest BCUT2D eigenvalue weighted by molar-refractivity contribution is -0.137. The predicted molar refractivity (Wildman–Crippen MR) is 74.8 cm³/mol. The molecule has 108 valence electrons. The van der Waals surface area contributed by atoms with Crippen LogP contribution in [0.2, 0.25) is 0 Å². The van der Waals surface area contributed by atoms with Crippen LogP contribution < -0.4 is 0 Å². The molecule has 0 rings (SSSR count). The Kier molecular flexibility index (Phi) is 12.5. The zero-order valence-electron chi connectivity index (χ0n) is 12.1. The summed E-state index contributed by atoms with van der Waals surface area (Å²) in [6.45, 7) is 6.12. The van der Waals surface area contributed by atoms with E-state index in [1.54, 1.807) is 0 Å². The number of hydrogen-bond acceptors (Lipinski definition) is 2. The van der Waals surface area contributed by atoms with Crippen LogP contribution in [0.25, 0.3) is 0 Å². The molecule has 0 amide bonds. The normalized spacial score (nSPS) is 11.1. The number of aliphatic carboxylic acids is 1. The molecule has 1 N–H and O–H groups in total. The second-order valence-electron chi connectivity index (χ2n) is 5.44. The number of unbranched alkanes of at least 4 members (excludes halogenated alkanes) is 7. The van der Waals surface area contributed by atoms with Crippen molar-refractivity contribution in [3.05, 3.63) is 0 Å². The van der Waals surface area contributed by atoms with Crippen LogP contribution in [-0.4, -0.2) is 24.3 Å². The Morgan fingerprint density at radius 3 is 1.94 bits per heavy atom. The van der Waals surface area contributed by atoms with E-state index >= 15 is 0 Å². The van der Waals surface area contributed by atoms with Gasteiger partial charge in [0.2, 0.25) is 0 Å². The Labute approximate surface area is 112 Å². The van der Waals surface area contributed by atoms with Crippen LogP contribution in [0, 0.1) is 5.92 Å². The van der Waals surface area contributed by atoms with E-state index in [1.807, 2.05) is 0 Å². The van der Waals surface area contributed by atoms with E-state index in [0.29, 0.717) is 12.3 Å². The van der Waals surface area contributed by atoms with Gasteiger partial charge in [0.25, 0.3) is 0 Å². The summed E-state index contributed by atoms with van der Waals surface area (Å²) in [6, 6.07) is 0. The third-order valence-electron chi connectivity index (χ3n) is 2.88. The summed E-state index contributed by atoms with van der Waals surface area (Å²) in [6.07, 6.45) is 9.62. The van der Waals surface area contributed by atoms with E-state index < -0.39 is 5.97 Å². The number of carboxylic acids is 1. The molecule has 0 bridgehead atoms. The second-order valence-corrected chi connectivity index (χ2v) is 5.44. The highest BCUT2D eigenvalue weighted by atomic mass is 16.5. The molecule has 3 heteroatoms. The van der Waals surface area contributed by atoms with Crippen LogP contribution in [0.3, 0.4) is 0 Å². The minimum atomic E-state index is -0.670. The molecule has 0 aliphatic carbocycles. The van der Waals surface area contributed by atoms with E-state index in [0.717, 1.165) is 26.1 Å². The Morgan fingerprint density at radius 2 is 1.44 bits per heavy atom. The highest BCUT2D eigenvalue weighted by Crippen LogP contribution is 2.09. The maximum atomic E-state index is 10.3. The van der Waals surface area contributed by atoms with E-state index in [9.17, 15) is 4.79 Å². The molecule has 0 saturated carbocycles. The Balaban J connectivity index is 2.97. The predicted octanol–water partition coefficient (Wildman–Crippen LogP) is 4.25. The molecule has 0 unspecified atom stereocenters. The van der Waals surface area contributed by atoms with Gasteiger partial charge in [-0.1, -0.05) is 52.4 Å². The molecule has 0 spiro atoms. The van der Waals surface area contributed by atoms with Gasteiger partial charge in [0, 0.05) is 19.6 Å². The number of rotatable bonds is 13. The Hall–Kier alpha value is -0.570. The van der Waals surface area contributed by atoms with Crippen LogP contribution in [0.4, 0.5) is 0 Å². The van der Waals surface area contributed by atoms with Crippen molar-refractivity contribution in [2.24, 2.45) is 5.92 Å². The molecular formula is C15H30O3. The molecule has 0 fully saturated rings. The van der Waals surface area contributed by atoms with E-state index in [2.05, 4.69) is 13.8 Å². The molecule has 0 saturated heterocycles. The fourth-order valence-electron chi connectivity index (χ4n) is 1.86. The summed E-state index contributed by atoms with van der Waals surface area (Å²) >= 11 is 0. The smallest absolute Gasteiger partial charge is 0.303 e. The average Bonchev–Trinajstić information content (AvgIpc) is 2.29. The lowest BCUT2D eigenvalue weighted by Crippen LogP contribution is -2.02. The van der Waals surface area contributed by atoms with Crippen molar-refractivity contribution in [1.29, 1.82) is 0 Å². The fraction of sp³-hybridized carbons (Fsp3) is 0.933. The molecule has 0 aromatic rings. The zero-order valence-corrected chi connectivity index (χ0v) is 12.1. The standard InChI is InChI=1S/C15H30O3/c1-14(2)13-18-12-10-8-6-4-3-5-7-9-11-15(16)17/h14H,3-13H2,1-2H3,(H,16,17). The van der Waals surface area contributed by atoms with Crippen molar-refractivity contribution in [2.45, 2.75) is 71.6 Å². The van der Waals surface area contributed by atoms with Gasteiger partial charge in [0.1, 0.15) is 0 Å².